The fourth-order valence-electron chi connectivity index (χ4n) is 2.92. The molecule has 0 unspecified atom stereocenters. The molecule has 0 bridgehead atoms. The first-order valence-corrected chi connectivity index (χ1v) is 8.99. The molecular weight excluding hydrogens is 324 g/mol. The van der Waals surface area contributed by atoms with Gasteiger partial charge >= 0.3 is 0 Å². The Balaban J connectivity index is 1.85. The molecule has 6 nitrogen and oxygen atoms in total. The molecule has 0 aliphatic carbocycles. The lowest BCUT2D eigenvalue weighted by Crippen LogP contribution is -2.48. The second kappa shape index (κ2) is 6.94. The minimum Gasteiger partial charge on any atom is -0.372 e. The van der Waals surface area contributed by atoms with Crippen LogP contribution < -0.4 is 0 Å². The number of amides is 1. The van der Waals surface area contributed by atoms with Crippen molar-refractivity contribution in [3.05, 3.63) is 29.2 Å². The number of ether oxygens (including phenoxy) is 1. The van der Waals surface area contributed by atoms with E-state index in [1.165, 1.54) is 11.3 Å². The van der Waals surface area contributed by atoms with E-state index in [-0.39, 0.29) is 24.0 Å². The van der Waals surface area contributed by atoms with Crippen LogP contribution in [-0.4, -0.2) is 51.1 Å². The molecule has 1 aliphatic heterocycles. The topological polar surface area (TPSA) is 68.2 Å². The second-order valence-electron chi connectivity index (χ2n) is 6.44. The molecule has 3 heterocycles. The van der Waals surface area contributed by atoms with E-state index in [9.17, 15) is 4.79 Å². The van der Waals surface area contributed by atoms with E-state index < -0.39 is 0 Å². The quantitative estimate of drug-likeness (QED) is 0.855. The molecule has 1 saturated heterocycles. The van der Waals surface area contributed by atoms with Gasteiger partial charge in [0.05, 0.1) is 24.1 Å². The summed E-state index contributed by atoms with van der Waals surface area (Å²) >= 11 is 1.38. The minimum atomic E-state index is 0.00994. The Hall–Kier alpha value is -1.86. The summed E-state index contributed by atoms with van der Waals surface area (Å²) in [4.78, 5) is 28.5. The van der Waals surface area contributed by atoms with Gasteiger partial charge in [-0.25, -0.2) is 4.98 Å². The van der Waals surface area contributed by atoms with Gasteiger partial charge in [-0.15, -0.1) is 11.3 Å². The molecule has 7 heteroatoms. The highest BCUT2D eigenvalue weighted by molar-refractivity contribution is 7.16. The average molecular weight is 346 g/mol. The van der Waals surface area contributed by atoms with Crippen molar-refractivity contribution in [2.45, 2.75) is 45.8 Å². The van der Waals surface area contributed by atoms with Gasteiger partial charge in [0.2, 0.25) is 0 Å². The molecule has 0 saturated carbocycles. The zero-order valence-electron chi connectivity index (χ0n) is 14.4. The molecule has 1 amide bonds. The van der Waals surface area contributed by atoms with Crippen LogP contribution in [0, 0.1) is 0 Å². The van der Waals surface area contributed by atoms with E-state index in [4.69, 9.17) is 4.74 Å². The lowest BCUT2D eigenvalue weighted by molar-refractivity contribution is -0.0585. The van der Waals surface area contributed by atoms with Crippen LogP contribution in [0.2, 0.25) is 0 Å². The van der Waals surface area contributed by atoms with Crippen molar-refractivity contribution >= 4 is 17.2 Å². The van der Waals surface area contributed by atoms with Crippen molar-refractivity contribution < 1.29 is 9.53 Å². The Morgan fingerprint density at radius 3 is 2.54 bits per heavy atom. The van der Waals surface area contributed by atoms with Crippen molar-refractivity contribution in [3.8, 4) is 10.7 Å². The van der Waals surface area contributed by atoms with E-state index in [2.05, 4.69) is 28.8 Å². The highest BCUT2D eigenvalue weighted by Crippen LogP contribution is 2.29. The molecule has 1 fully saturated rings. The van der Waals surface area contributed by atoms with Gasteiger partial charge in [0.1, 0.15) is 15.6 Å². The maximum atomic E-state index is 12.8. The molecule has 0 N–H and O–H groups in total. The fraction of sp³-hybridized carbons (Fsp3) is 0.529. The molecule has 0 spiro atoms. The summed E-state index contributed by atoms with van der Waals surface area (Å²) in [7, 11) is 0. The summed E-state index contributed by atoms with van der Waals surface area (Å²) < 4.78 is 5.69. The van der Waals surface area contributed by atoms with Crippen LogP contribution >= 0.6 is 11.3 Å². The monoisotopic (exact) mass is 346 g/mol. The molecule has 2 aromatic rings. The largest absolute Gasteiger partial charge is 0.372 e. The van der Waals surface area contributed by atoms with Crippen LogP contribution in [0.3, 0.4) is 0 Å². The van der Waals surface area contributed by atoms with Crippen molar-refractivity contribution in [2.75, 3.05) is 13.1 Å². The van der Waals surface area contributed by atoms with Crippen LogP contribution in [0.4, 0.5) is 0 Å². The summed E-state index contributed by atoms with van der Waals surface area (Å²) in [6, 6.07) is 0. The third-order valence-corrected chi connectivity index (χ3v) is 4.89. The number of thiazole rings is 1. The van der Waals surface area contributed by atoms with Crippen LogP contribution in [-0.2, 0) is 4.74 Å². The number of nitrogens with zero attached hydrogens (tertiary/aromatic N) is 4. The number of hydrogen-bond acceptors (Lipinski definition) is 6. The Morgan fingerprint density at radius 1 is 1.21 bits per heavy atom. The molecule has 1 aliphatic rings. The molecule has 2 aromatic heterocycles. The number of carbonyl (C=O) groups is 1. The zero-order valence-corrected chi connectivity index (χ0v) is 15.2. The number of rotatable bonds is 3. The third kappa shape index (κ3) is 3.47. The summed E-state index contributed by atoms with van der Waals surface area (Å²) in [5.41, 5.74) is 1.67. The number of aromatic nitrogens is 3. The van der Waals surface area contributed by atoms with Crippen LogP contribution in [0.15, 0.2) is 18.6 Å². The van der Waals surface area contributed by atoms with Gasteiger partial charge in [0.15, 0.2) is 0 Å². The van der Waals surface area contributed by atoms with Gasteiger partial charge in [-0.2, -0.15) is 0 Å². The lowest BCUT2D eigenvalue weighted by atomic mass is 10.1. The van der Waals surface area contributed by atoms with Gasteiger partial charge in [-0.1, -0.05) is 13.8 Å². The smallest absolute Gasteiger partial charge is 0.265 e. The highest BCUT2D eigenvalue weighted by atomic mass is 32.1. The molecule has 0 aromatic carbocycles. The van der Waals surface area contributed by atoms with E-state index >= 15 is 0 Å². The van der Waals surface area contributed by atoms with Crippen molar-refractivity contribution in [1.82, 2.24) is 19.9 Å². The number of morpholine rings is 1. The first-order valence-electron chi connectivity index (χ1n) is 8.17. The molecule has 2 atom stereocenters. The fourth-order valence-corrected chi connectivity index (χ4v) is 3.81. The van der Waals surface area contributed by atoms with Gasteiger partial charge in [-0.3, -0.25) is 14.8 Å². The van der Waals surface area contributed by atoms with E-state index in [1.54, 1.807) is 18.6 Å². The molecule has 3 rings (SSSR count). The third-order valence-electron chi connectivity index (χ3n) is 3.90. The van der Waals surface area contributed by atoms with Crippen LogP contribution in [0.5, 0.6) is 0 Å². The Kier molecular flexibility index (Phi) is 4.91. The van der Waals surface area contributed by atoms with E-state index in [1.807, 2.05) is 18.7 Å². The maximum Gasteiger partial charge on any atom is 0.265 e. The Labute approximate surface area is 145 Å². The van der Waals surface area contributed by atoms with Crippen LogP contribution in [0.25, 0.3) is 10.7 Å². The summed E-state index contributed by atoms with van der Waals surface area (Å²) in [5, 5.41) is 0.740. The predicted octanol–water partition coefficient (Wildman–Crippen LogP) is 2.97. The first kappa shape index (κ1) is 17.0. The standard InChI is InChI=1S/C17H22N4O2S/c1-10(2)14-15(19-6-5-18-14)16-20-7-13(24-16)17(22)21-8-11(3)23-12(4)9-21/h5-7,10-12H,8-9H2,1-4H3/t11-,12+. The molecule has 24 heavy (non-hydrogen) atoms. The second-order valence-corrected chi connectivity index (χ2v) is 7.47. The highest BCUT2D eigenvalue weighted by Gasteiger charge is 2.28. The zero-order chi connectivity index (χ0) is 17.3. The van der Waals surface area contributed by atoms with E-state index in [0.29, 0.717) is 18.0 Å². The molecule has 0 radical (unpaired) electrons. The van der Waals surface area contributed by atoms with Crippen molar-refractivity contribution in [3.63, 3.8) is 0 Å². The average Bonchev–Trinajstić information content (AvgIpc) is 3.03. The lowest BCUT2D eigenvalue weighted by Gasteiger charge is -2.35. The Morgan fingerprint density at radius 2 is 1.88 bits per heavy atom. The summed E-state index contributed by atoms with van der Waals surface area (Å²) in [6.07, 6.45) is 5.10. The summed E-state index contributed by atoms with van der Waals surface area (Å²) in [5.74, 6) is 0.258. The number of hydrogen-bond donors (Lipinski definition) is 0. The SMILES string of the molecule is CC(C)c1nccnc1-c1ncc(C(=O)N2C[C@@H](C)O[C@@H](C)C2)s1. The van der Waals surface area contributed by atoms with Gasteiger partial charge in [0.25, 0.3) is 5.91 Å². The van der Waals surface area contributed by atoms with Crippen molar-refractivity contribution in [2.24, 2.45) is 0 Å². The minimum absolute atomic E-state index is 0.00994. The number of carbonyl (C=O) groups excluding carboxylic acids is 1. The predicted molar refractivity (Wildman–Crippen MR) is 93.1 cm³/mol. The maximum absolute atomic E-state index is 12.8. The van der Waals surface area contributed by atoms with Gasteiger partial charge in [-0.05, 0) is 19.8 Å². The first-order chi connectivity index (χ1) is 11.5. The van der Waals surface area contributed by atoms with Gasteiger partial charge < -0.3 is 9.64 Å². The van der Waals surface area contributed by atoms with E-state index in [0.717, 1.165) is 16.4 Å². The van der Waals surface area contributed by atoms with Crippen molar-refractivity contribution in [1.29, 1.82) is 0 Å². The van der Waals surface area contributed by atoms with Gasteiger partial charge in [0, 0.05) is 25.5 Å². The molecular formula is C17H22N4O2S. The Bertz CT molecular complexity index is 721. The summed E-state index contributed by atoms with van der Waals surface area (Å²) in [6.45, 7) is 9.34. The molecule has 128 valence electrons. The normalized spacial score (nSPS) is 21.3. The van der Waals surface area contributed by atoms with Crippen LogP contribution in [0.1, 0.15) is 49.0 Å².